The van der Waals surface area contributed by atoms with E-state index in [1.807, 2.05) is 35.9 Å². The maximum Gasteiger partial charge on any atom is 0.126 e. The molecular formula is C13H13N5. The first-order valence-electron chi connectivity index (χ1n) is 5.65. The number of benzene rings is 1. The van der Waals surface area contributed by atoms with Gasteiger partial charge in [0.2, 0.25) is 0 Å². The molecule has 0 bridgehead atoms. The smallest absolute Gasteiger partial charge is 0.126 e. The molecule has 0 amide bonds. The summed E-state index contributed by atoms with van der Waals surface area (Å²) in [4.78, 5) is 4.22. The minimum absolute atomic E-state index is 0.578. The van der Waals surface area contributed by atoms with Crippen LogP contribution in [0.15, 0.2) is 42.9 Å². The van der Waals surface area contributed by atoms with Crippen LogP contribution in [0.2, 0.25) is 0 Å². The lowest BCUT2D eigenvalue weighted by Crippen LogP contribution is -1.96. The quantitative estimate of drug-likeness (QED) is 0.719. The van der Waals surface area contributed by atoms with E-state index in [4.69, 9.17) is 5.73 Å². The van der Waals surface area contributed by atoms with Crippen molar-refractivity contribution in [1.82, 2.24) is 19.7 Å². The molecule has 18 heavy (non-hydrogen) atoms. The molecule has 0 aliphatic carbocycles. The number of hydrogen-bond donors (Lipinski definition) is 2. The van der Waals surface area contributed by atoms with Crippen molar-refractivity contribution in [3.05, 3.63) is 48.7 Å². The summed E-state index contributed by atoms with van der Waals surface area (Å²) in [5.74, 6) is 1.53. The monoisotopic (exact) mass is 239 g/mol. The van der Waals surface area contributed by atoms with Gasteiger partial charge in [-0.25, -0.2) is 4.98 Å². The average molecular weight is 239 g/mol. The molecule has 0 spiro atoms. The molecule has 0 unspecified atom stereocenters. The summed E-state index contributed by atoms with van der Waals surface area (Å²) in [6.45, 7) is 1.97. The van der Waals surface area contributed by atoms with E-state index in [2.05, 4.69) is 21.2 Å². The van der Waals surface area contributed by atoms with Crippen molar-refractivity contribution in [2.24, 2.45) is 0 Å². The fraction of sp³-hybridized carbons (Fsp3) is 0.0769. The van der Waals surface area contributed by atoms with Gasteiger partial charge in [-0.2, -0.15) is 5.10 Å². The average Bonchev–Trinajstić information content (AvgIpc) is 2.98. The normalized spacial score (nSPS) is 10.7. The summed E-state index contributed by atoms with van der Waals surface area (Å²) in [6, 6.07) is 8.11. The third-order valence-electron chi connectivity index (χ3n) is 2.93. The zero-order chi connectivity index (χ0) is 12.5. The van der Waals surface area contributed by atoms with Crippen LogP contribution < -0.4 is 5.73 Å². The Balaban J connectivity index is 2.11. The second kappa shape index (κ2) is 4.03. The van der Waals surface area contributed by atoms with E-state index in [9.17, 15) is 0 Å². The summed E-state index contributed by atoms with van der Waals surface area (Å²) in [6.07, 6.45) is 5.45. The number of aromatic amines is 1. The van der Waals surface area contributed by atoms with Gasteiger partial charge in [-0.1, -0.05) is 12.1 Å². The molecule has 0 aliphatic heterocycles. The number of nitrogen functional groups attached to an aromatic ring is 1. The van der Waals surface area contributed by atoms with E-state index in [1.54, 1.807) is 12.4 Å². The van der Waals surface area contributed by atoms with Crippen LogP contribution >= 0.6 is 0 Å². The topological polar surface area (TPSA) is 72.5 Å². The largest absolute Gasteiger partial charge is 0.384 e. The highest BCUT2D eigenvalue weighted by Crippen LogP contribution is 2.25. The minimum Gasteiger partial charge on any atom is -0.384 e. The maximum atomic E-state index is 5.83. The highest BCUT2D eigenvalue weighted by molar-refractivity contribution is 5.74. The SMILES string of the molecule is Cc1nccn1-c1cccc(-c2cn[nH]c2N)c1. The van der Waals surface area contributed by atoms with Gasteiger partial charge < -0.3 is 10.3 Å². The number of imidazole rings is 1. The van der Waals surface area contributed by atoms with Crippen LogP contribution in [0.25, 0.3) is 16.8 Å². The van der Waals surface area contributed by atoms with E-state index in [0.717, 1.165) is 22.6 Å². The highest BCUT2D eigenvalue weighted by atomic mass is 15.1. The van der Waals surface area contributed by atoms with Crippen molar-refractivity contribution < 1.29 is 0 Å². The number of H-pyrrole nitrogens is 1. The first kappa shape index (κ1) is 10.6. The molecular weight excluding hydrogens is 226 g/mol. The van der Waals surface area contributed by atoms with Gasteiger partial charge in [0.1, 0.15) is 11.6 Å². The van der Waals surface area contributed by atoms with E-state index < -0.39 is 0 Å². The van der Waals surface area contributed by atoms with Crippen LogP contribution in [-0.4, -0.2) is 19.7 Å². The number of aryl methyl sites for hydroxylation is 1. The molecule has 3 N–H and O–H groups in total. The zero-order valence-corrected chi connectivity index (χ0v) is 9.96. The molecule has 5 heteroatoms. The molecule has 5 nitrogen and oxygen atoms in total. The van der Waals surface area contributed by atoms with Gasteiger partial charge in [-0.3, -0.25) is 5.10 Å². The van der Waals surface area contributed by atoms with Crippen molar-refractivity contribution in [3.63, 3.8) is 0 Å². The van der Waals surface area contributed by atoms with Gasteiger partial charge in [0.15, 0.2) is 0 Å². The Kier molecular flexibility index (Phi) is 2.37. The van der Waals surface area contributed by atoms with Gasteiger partial charge in [0.05, 0.1) is 6.20 Å². The minimum atomic E-state index is 0.578. The van der Waals surface area contributed by atoms with Crippen LogP contribution in [0.1, 0.15) is 5.82 Å². The van der Waals surface area contributed by atoms with Crippen LogP contribution in [0.3, 0.4) is 0 Å². The molecule has 2 heterocycles. The number of rotatable bonds is 2. The zero-order valence-electron chi connectivity index (χ0n) is 9.96. The highest BCUT2D eigenvalue weighted by Gasteiger charge is 2.06. The van der Waals surface area contributed by atoms with Gasteiger partial charge in [0, 0.05) is 23.6 Å². The molecule has 90 valence electrons. The third kappa shape index (κ3) is 1.66. The molecule has 3 aromatic rings. The molecule has 3 rings (SSSR count). The van der Waals surface area contributed by atoms with E-state index in [1.165, 1.54) is 0 Å². The summed E-state index contributed by atoms with van der Waals surface area (Å²) in [7, 11) is 0. The number of nitrogens with one attached hydrogen (secondary N) is 1. The molecule has 0 fully saturated rings. The van der Waals surface area contributed by atoms with Crippen molar-refractivity contribution in [3.8, 4) is 16.8 Å². The number of nitrogens with zero attached hydrogens (tertiary/aromatic N) is 3. The summed E-state index contributed by atoms with van der Waals surface area (Å²) < 4.78 is 2.03. The number of hydrogen-bond acceptors (Lipinski definition) is 3. The van der Waals surface area contributed by atoms with Crippen molar-refractivity contribution in [2.45, 2.75) is 6.92 Å². The second-order valence-corrected chi connectivity index (χ2v) is 4.09. The first-order valence-corrected chi connectivity index (χ1v) is 5.65. The van der Waals surface area contributed by atoms with E-state index in [-0.39, 0.29) is 0 Å². The van der Waals surface area contributed by atoms with Gasteiger partial charge in [-0.05, 0) is 24.6 Å². The molecule has 1 aromatic carbocycles. The Morgan fingerprint density at radius 1 is 1.33 bits per heavy atom. The first-order chi connectivity index (χ1) is 8.75. The number of nitrogens with two attached hydrogens (primary N) is 1. The molecule has 0 saturated heterocycles. The lowest BCUT2D eigenvalue weighted by atomic mass is 10.1. The molecule has 2 aromatic heterocycles. The Labute approximate surface area is 104 Å². The Morgan fingerprint density at radius 3 is 2.89 bits per heavy atom. The van der Waals surface area contributed by atoms with Crippen LogP contribution in [0.5, 0.6) is 0 Å². The summed E-state index contributed by atoms with van der Waals surface area (Å²) in [5.41, 5.74) is 8.84. The fourth-order valence-corrected chi connectivity index (χ4v) is 2.00. The summed E-state index contributed by atoms with van der Waals surface area (Å²) in [5, 5.41) is 6.68. The Hall–Kier alpha value is -2.56. The molecule has 0 radical (unpaired) electrons. The van der Waals surface area contributed by atoms with Crippen LogP contribution in [-0.2, 0) is 0 Å². The van der Waals surface area contributed by atoms with Crippen LogP contribution in [0, 0.1) is 6.92 Å². The van der Waals surface area contributed by atoms with Gasteiger partial charge in [-0.15, -0.1) is 0 Å². The lowest BCUT2D eigenvalue weighted by molar-refractivity contribution is 0.975. The van der Waals surface area contributed by atoms with Crippen LogP contribution in [0.4, 0.5) is 5.82 Å². The number of aromatic nitrogens is 4. The predicted molar refractivity (Wildman–Crippen MR) is 70.3 cm³/mol. The maximum absolute atomic E-state index is 5.83. The standard InChI is InChI=1S/C13H13N5/c1-9-15-5-6-18(9)11-4-2-3-10(7-11)12-8-16-17-13(12)14/h2-8H,1H3,(H3,14,16,17). The van der Waals surface area contributed by atoms with E-state index in [0.29, 0.717) is 5.82 Å². The predicted octanol–water partition coefficient (Wildman–Crippen LogP) is 2.15. The Bertz CT molecular complexity index is 625. The lowest BCUT2D eigenvalue weighted by Gasteiger charge is -2.07. The molecule has 0 aliphatic rings. The van der Waals surface area contributed by atoms with Gasteiger partial charge >= 0.3 is 0 Å². The van der Waals surface area contributed by atoms with Crippen molar-refractivity contribution in [1.29, 1.82) is 0 Å². The van der Waals surface area contributed by atoms with E-state index >= 15 is 0 Å². The molecule has 0 atom stereocenters. The van der Waals surface area contributed by atoms with Crippen molar-refractivity contribution >= 4 is 5.82 Å². The third-order valence-corrected chi connectivity index (χ3v) is 2.93. The Morgan fingerprint density at radius 2 is 2.22 bits per heavy atom. The second-order valence-electron chi connectivity index (χ2n) is 4.09. The fourth-order valence-electron chi connectivity index (χ4n) is 2.00. The number of anilines is 1. The van der Waals surface area contributed by atoms with Gasteiger partial charge in [0.25, 0.3) is 0 Å². The summed E-state index contributed by atoms with van der Waals surface area (Å²) >= 11 is 0. The molecule has 0 saturated carbocycles. The van der Waals surface area contributed by atoms with Crippen molar-refractivity contribution in [2.75, 3.05) is 5.73 Å².